The predicted molar refractivity (Wildman–Crippen MR) is 327 cm³/mol. The number of nitrogens with one attached hydrogen (secondary N) is 1. The highest BCUT2D eigenvalue weighted by Gasteiger charge is 2.51. The van der Waals surface area contributed by atoms with Crippen LogP contribution in [0.4, 0.5) is 0 Å². The molecular weight excluding hydrogens is 1030 g/mol. The number of hydrogen-bond donors (Lipinski definition) is 9. The molecule has 12 atom stereocenters. The minimum atomic E-state index is -1.78. The van der Waals surface area contributed by atoms with E-state index in [1.165, 1.54) is 89.9 Å². The first-order chi connectivity index (χ1) is 39.6. The molecule has 0 aromatic carbocycles. The molecule has 0 saturated carbocycles. The molecule has 0 radical (unpaired) electrons. The molecule has 9 N–H and O–H groups in total. The molecule has 0 aromatic rings. The van der Waals surface area contributed by atoms with Crippen molar-refractivity contribution in [1.82, 2.24) is 5.32 Å². The summed E-state index contributed by atoms with van der Waals surface area (Å²) in [6, 6.07) is -0.833. The highest BCUT2D eigenvalue weighted by molar-refractivity contribution is 5.76. The Balaban J connectivity index is 1.59. The number of amides is 1. The lowest BCUT2D eigenvalue weighted by Crippen LogP contribution is -2.65. The van der Waals surface area contributed by atoms with Gasteiger partial charge >= 0.3 is 0 Å². The Hall–Kier alpha value is -3.09. The summed E-state index contributed by atoms with van der Waals surface area (Å²) in [4.78, 5) is 13.3. The molecule has 2 aliphatic rings. The van der Waals surface area contributed by atoms with Crippen LogP contribution < -0.4 is 5.32 Å². The van der Waals surface area contributed by atoms with Crippen LogP contribution in [0, 0.1) is 0 Å². The predicted octanol–water partition coefficient (Wildman–Crippen LogP) is 11.8. The second-order valence-corrected chi connectivity index (χ2v) is 22.2. The number of hydrogen-bond acceptors (Lipinski definition) is 13. The van der Waals surface area contributed by atoms with Gasteiger partial charge in [-0.3, -0.25) is 4.79 Å². The van der Waals surface area contributed by atoms with Gasteiger partial charge in [0, 0.05) is 6.42 Å². The number of aliphatic hydroxyl groups excluding tert-OH is 8. The standard InChI is InChI=1S/C67H115NO13/c1-3-5-7-9-11-13-15-16-17-18-19-20-21-22-23-24-25-26-27-28-29-30-31-32-33-34-35-36-37-38-39-40-41-43-45-47-49-51-59(72)68-55(56(71)50-48-46-44-42-14-12-10-8-6-4-2)54-78-66-64(77)62(75)65(58(53-70)80-66)81-67-63(76)61(74)60(73)57(52-69)79-67/h5,7,11,13,16-17,19-20,22-23,25-26,28-29,31-32,55-58,60-67,69-71,73-77H,3-4,6,8-10,12,14-15,18,21,24,27,30,33-54H2,1-2H3,(H,68,72)/b7-5-,13-11-,17-16-,20-19-,23-22-,26-25-,29-28-,32-31-. The zero-order valence-electron chi connectivity index (χ0n) is 50.2. The second-order valence-electron chi connectivity index (χ2n) is 22.2. The summed E-state index contributed by atoms with van der Waals surface area (Å²) in [5.74, 6) is -0.214. The van der Waals surface area contributed by atoms with Crippen LogP contribution in [0.5, 0.6) is 0 Å². The second kappa shape index (κ2) is 51.3. The van der Waals surface area contributed by atoms with Gasteiger partial charge in [0.2, 0.25) is 5.91 Å². The van der Waals surface area contributed by atoms with E-state index in [9.17, 15) is 45.6 Å². The van der Waals surface area contributed by atoms with Crippen LogP contribution in [0.2, 0.25) is 0 Å². The smallest absolute Gasteiger partial charge is 0.220 e. The van der Waals surface area contributed by atoms with E-state index >= 15 is 0 Å². The fourth-order valence-electron chi connectivity index (χ4n) is 9.96. The summed E-state index contributed by atoms with van der Waals surface area (Å²) in [5.41, 5.74) is 0. The van der Waals surface area contributed by atoms with E-state index in [-0.39, 0.29) is 12.5 Å². The van der Waals surface area contributed by atoms with Gasteiger partial charge in [-0.05, 0) is 77.0 Å². The van der Waals surface area contributed by atoms with Gasteiger partial charge < -0.3 is 65.1 Å². The maximum absolute atomic E-state index is 13.3. The van der Waals surface area contributed by atoms with Crippen molar-refractivity contribution in [3.8, 4) is 0 Å². The molecule has 2 aliphatic heterocycles. The van der Waals surface area contributed by atoms with Crippen LogP contribution in [0.3, 0.4) is 0 Å². The number of ether oxygens (including phenoxy) is 4. The fraction of sp³-hybridized carbons (Fsp3) is 0.746. The van der Waals surface area contributed by atoms with E-state index in [1.807, 2.05) is 0 Å². The quantitative estimate of drug-likeness (QED) is 0.0204. The molecule has 2 fully saturated rings. The van der Waals surface area contributed by atoms with Gasteiger partial charge in [-0.1, -0.05) is 239 Å². The molecular formula is C67H115NO13. The summed E-state index contributed by atoms with van der Waals surface area (Å²) in [6.45, 7) is 2.71. The summed E-state index contributed by atoms with van der Waals surface area (Å²) in [6.07, 6.45) is 54.3. The molecule has 0 spiro atoms. The average molecular weight is 1140 g/mol. The van der Waals surface area contributed by atoms with Crippen LogP contribution >= 0.6 is 0 Å². The molecule has 466 valence electrons. The Morgan fingerprint density at radius 3 is 1.31 bits per heavy atom. The van der Waals surface area contributed by atoms with Gasteiger partial charge in [0.25, 0.3) is 0 Å². The minimum Gasteiger partial charge on any atom is -0.394 e. The maximum Gasteiger partial charge on any atom is 0.220 e. The van der Waals surface area contributed by atoms with Crippen molar-refractivity contribution in [2.75, 3.05) is 19.8 Å². The summed E-state index contributed by atoms with van der Waals surface area (Å²) < 4.78 is 22.8. The molecule has 81 heavy (non-hydrogen) atoms. The first-order valence-corrected chi connectivity index (χ1v) is 32.0. The third-order valence-corrected chi connectivity index (χ3v) is 15.1. The van der Waals surface area contributed by atoms with Gasteiger partial charge in [0.15, 0.2) is 12.6 Å². The van der Waals surface area contributed by atoms with Crippen LogP contribution in [-0.2, 0) is 23.7 Å². The van der Waals surface area contributed by atoms with E-state index in [0.29, 0.717) is 12.8 Å². The molecule has 14 nitrogen and oxygen atoms in total. The zero-order valence-corrected chi connectivity index (χ0v) is 50.2. The Labute approximate surface area is 490 Å². The number of unbranched alkanes of at least 4 members (excludes halogenated alkanes) is 21. The van der Waals surface area contributed by atoms with E-state index in [0.717, 1.165) is 109 Å². The molecule has 2 heterocycles. The minimum absolute atomic E-state index is 0.214. The number of rotatable bonds is 50. The first kappa shape index (κ1) is 74.0. The molecule has 0 aliphatic carbocycles. The Bertz CT molecular complexity index is 1730. The third-order valence-electron chi connectivity index (χ3n) is 15.1. The highest BCUT2D eigenvalue weighted by Crippen LogP contribution is 2.30. The number of allylic oxidation sites excluding steroid dienone is 16. The van der Waals surface area contributed by atoms with Crippen LogP contribution in [-0.4, -0.2) is 140 Å². The summed E-state index contributed by atoms with van der Waals surface area (Å²) in [7, 11) is 0. The Morgan fingerprint density at radius 2 is 0.852 bits per heavy atom. The van der Waals surface area contributed by atoms with Crippen molar-refractivity contribution in [2.45, 2.75) is 299 Å². The lowest BCUT2D eigenvalue weighted by Gasteiger charge is -2.46. The molecule has 0 bridgehead atoms. The van der Waals surface area contributed by atoms with E-state index in [4.69, 9.17) is 18.9 Å². The summed E-state index contributed by atoms with van der Waals surface area (Å²) in [5, 5.41) is 87.1. The molecule has 2 saturated heterocycles. The lowest BCUT2D eigenvalue weighted by atomic mass is 9.97. The zero-order chi connectivity index (χ0) is 58.8. The average Bonchev–Trinajstić information content (AvgIpc) is 3.51. The molecule has 14 heteroatoms. The Kier molecular flexibility index (Phi) is 46.9. The van der Waals surface area contributed by atoms with Crippen molar-refractivity contribution in [2.24, 2.45) is 0 Å². The van der Waals surface area contributed by atoms with Crippen molar-refractivity contribution in [3.63, 3.8) is 0 Å². The lowest BCUT2D eigenvalue weighted by molar-refractivity contribution is -0.359. The van der Waals surface area contributed by atoms with Crippen LogP contribution in [0.25, 0.3) is 0 Å². The van der Waals surface area contributed by atoms with Gasteiger partial charge in [-0.25, -0.2) is 0 Å². The van der Waals surface area contributed by atoms with E-state index < -0.39 is 86.8 Å². The van der Waals surface area contributed by atoms with Crippen molar-refractivity contribution < 1.29 is 64.6 Å². The first-order valence-electron chi connectivity index (χ1n) is 32.0. The topological polar surface area (TPSA) is 228 Å². The van der Waals surface area contributed by atoms with Gasteiger partial charge in [-0.15, -0.1) is 0 Å². The molecule has 2 rings (SSSR count). The van der Waals surface area contributed by atoms with Crippen molar-refractivity contribution >= 4 is 5.91 Å². The van der Waals surface area contributed by atoms with Crippen molar-refractivity contribution in [3.05, 3.63) is 97.2 Å². The van der Waals surface area contributed by atoms with Crippen LogP contribution in [0.1, 0.15) is 226 Å². The maximum atomic E-state index is 13.3. The van der Waals surface area contributed by atoms with Gasteiger partial charge in [0.05, 0.1) is 32.0 Å². The third kappa shape index (κ3) is 36.4. The van der Waals surface area contributed by atoms with E-state index in [2.05, 4.69) is 116 Å². The molecule has 12 unspecified atom stereocenters. The monoisotopic (exact) mass is 1140 g/mol. The normalized spacial score (nSPS) is 24.8. The number of carbonyl (C=O) groups excluding carboxylic acids is 1. The fourth-order valence-corrected chi connectivity index (χ4v) is 9.96. The van der Waals surface area contributed by atoms with Gasteiger partial charge in [-0.2, -0.15) is 0 Å². The molecule has 1 amide bonds. The van der Waals surface area contributed by atoms with Gasteiger partial charge in [0.1, 0.15) is 48.8 Å². The largest absolute Gasteiger partial charge is 0.394 e. The van der Waals surface area contributed by atoms with Crippen molar-refractivity contribution in [1.29, 1.82) is 0 Å². The highest BCUT2D eigenvalue weighted by atomic mass is 16.7. The Morgan fingerprint density at radius 1 is 0.457 bits per heavy atom. The van der Waals surface area contributed by atoms with Crippen LogP contribution in [0.15, 0.2) is 97.2 Å². The SMILES string of the molecule is CC/C=C\C/C=C\C/C=C\C/C=C\C/C=C\C/C=C\C/C=C\C/C=C\CCCCCCCCCCCCCCC(=O)NC(COC1OC(CO)C(OC2OC(CO)C(O)C(O)C2O)C(O)C1O)C(O)CCCCCCCCCCCC. The number of carbonyl (C=O) groups is 1. The summed E-state index contributed by atoms with van der Waals surface area (Å²) >= 11 is 0. The number of aliphatic hydroxyl groups is 8. The molecule has 0 aromatic heterocycles. The van der Waals surface area contributed by atoms with E-state index in [1.54, 1.807) is 0 Å².